The van der Waals surface area contributed by atoms with E-state index in [-0.39, 0.29) is 36.4 Å². The molecule has 0 radical (unpaired) electrons. The normalized spacial score (nSPS) is 46.4. The Hall–Kier alpha value is -1.54. The molecule has 4 aliphatic rings. The summed E-state index contributed by atoms with van der Waals surface area (Å²) in [6, 6.07) is 0. The number of esters is 1. The van der Waals surface area contributed by atoms with Crippen molar-refractivity contribution in [1.29, 1.82) is 0 Å². The number of allylic oxidation sites excluding steroid dienone is 4. The Balaban J connectivity index is 1.75. The number of ketones is 1. The molecular formula is C22H30O7. The van der Waals surface area contributed by atoms with Crippen LogP contribution >= 0.6 is 0 Å². The third-order valence-corrected chi connectivity index (χ3v) is 8.69. The van der Waals surface area contributed by atoms with Gasteiger partial charge in [-0.3, -0.25) is 4.79 Å². The zero-order chi connectivity index (χ0) is 21.4. The number of methoxy groups -OCH3 is 1. The van der Waals surface area contributed by atoms with Gasteiger partial charge in [0.15, 0.2) is 5.78 Å². The second-order valence-electron chi connectivity index (χ2n) is 9.77. The first-order valence-corrected chi connectivity index (χ1v) is 10.3. The van der Waals surface area contributed by atoms with E-state index in [4.69, 9.17) is 0 Å². The zero-order valence-electron chi connectivity index (χ0n) is 17.1. The highest BCUT2D eigenvalue weighted by molar-refractivity contribution is 6.01. The molecule has 1 unspecified atom stereocenters. The predicted octanol–water partition coefficient (Wildman–Crippen LogP) is 0.850. The number of ether oxygens (including phenoxy) is 1. The van der Waals surface area contributed by atoms with E-state index in [1.54, 1.807) is 19.1 Å². The number of aliphatic hydroxyl groups is 4. The van der Waals surface area contributed by atoms with Crippen molar-refractivity contribution in [3.8, 4) is 0 Å². The molecule has 4 N–H and O–H groups in total. The summed E-state index contributed by atoms with van der Waals surface area (Å²) >= 11 is 0. The molecule has 3 saturated carbocycles. The standard InChI is InChI=1S/C22H30O7/c1-19-8-6-13(23)10-12(19)4-5-14-15-7-9-21(26,22(27,28)18(25)29-3)20(15,2)11-16(24)17(14)19/h6,8,10,14-17,24,26-28H,4-5,7,9,11H2,1-3H3/t14-,15-,16?,17+,19-,20-,21+/m0/s1. The van der Waals surface area contributed by atoms with Gasteiger partial charge in [0.2, 0.25) is 0 Å². The summed E-state index contributed by atoms with van der Waals surface area (Å²) < 4.78 is 4.54. The minimum absolute atomic E-state index is 0.0197. The summed E-state index contributed by atoms with van der Waals surface area (Å²) in [6.07, 6.45) is 6.41. The SMILES string of the molecule is COC(=O)C(O)(O)[C@@]1(O)CC[C@H]2[C@@H]3CCC4=CC(=O)C=C[C@]4(C)[C@H]3C(O)C[C@@]21C. The molecule has 3 fully saturated rings. The Kier molecular flexibility index (Phi) is 4.45. The predicted molar refractivity (Wildman–Crippen MR) is 102 cm³/mol. The first-order valence-electron chi connectivity index (χ1n) is 10.3. The summed E-state index contributed by atoms with van der Waals surface area (Å²) in [7, 11) is 1.04. The van der Waals surface area contributed by atoms with Crippen LogP contribution in [0.2, 0.25) is 0 Å². The van der Waals surface area contributed by atoms with E-state index in [9.17, 15) is 30.0 Å². The Morgan fingerprint density at radius 3 is 2.62 bits per heavy atom. The van der Waals surface area contributed by atoms with E-state index >= 15 is 0 Å². The summed E-state index contributed by atoms with van der Waals surface area (Å²) in [5.74, 6) is -4.62. The van der Waals surface area contributed by atoms with Gasteiger partial charge in [-0.2, -0.15) is 0 Å². The van der Waals surface area contributed by atoms with Gasteiger partial charge in [0, 0.05) is 16.7 Å². The average molecular weight is 406 g/mol. The smallest absolute Gasteiger partial charge is 0.369 e. The molecule has 0 heterocycles. The Morgan fingerprint density at radius 2 is 1.97 bits per heavy atom. The average Bonchev–Trinajstić information content (AvgIpc) is 2.93. The Bertz CT molecular complexity index is 814. The van der Waals surface area contributed by atoms with Gasteiger partial charge in [-0.15, -0.1) is 0 Å². The largest absolute Gasteiger partial charge is 0.465 e. The van der Waals surface area contributed by atoms with Gasteiger partial charge in [-0.25, -0.2) is 4.79 Å². The Morgan fingerprint density at radius 1 is 1.28 bits per heavy atom. The number of fused-ring (bicyclic) bond motifs is 5. The van der Waals surface area contributed by atoms with E-state index in [1.807, 2.05) is 13.0 Å². The minimum atomic E-state index is -3.06. The lowest BCUT2D eigenvalue weighted by molar-refractivity contribution is -0.310. The molecule has 0 amide bonds. The number of carbonyl (C=O) groups excluding carboxylic acids is 2. The second kappa shape index (κ2) is 6.23. The van der Waals surface area contributed by atoms with Crippen LogP contribution in [0.25, 0.3) is 0 Å². The maximum absolute atomic E-state index is 12.1. The van der Waals surface area contributed by atoms with Gasteiger partial charge in [-0.05, 0) is 56.1 Å². The number of hydrogen-bond acceptors (Lipinski definition) is 7. The number of aliphatic hydroxyl groups excluding tert-OH is 1. The summed E-state index contributed by atoms with van der Waals surface area (Å²) in [6.45, 7) is 3.78. The highest BCUT2D eigenvalue weighted by Crippen LogP contribution is 2.68. The number of hydrogen-bond donors (Lipinski definition) is 4. The molecule has 29 heavy (non-hydrogen) atoms. The fourth-order valence-electron chi connectivity index (χ4n) is 7.21. The van der Waals surface area contributed by atoms with Crippen molar-refractivity contribution in [3.05, 3.63) is 23.8 Å². The highest BCUT2D eigenvalue weighted by Gasteiger charge is 2.73. The monoisotopic (exact) mass is 406 g/mol. The van der Waals surface area contributed by atoms with Crippen LogP contribution in [0.5, 0.6) is 0 Å². The van der Waals surface area contributed by atoms with Crippen molar-refractivity contribution in [2.75, 3.05) is 7.11 Å². The Labute approximate surface area is 170 Å². The van der Waals surface area contributed by atoms with Crippen LogP contribution in [0.4, 0.5) is 0 Å². The van der Waals surface area contributed by atoms with Crippen molar-refractivity contribution < 1.29 is 34.8 Å². The van der Waals surface area contributed by atoms with Crippen LogP contribution in [0.1, 0.15) is 46.0 Å². The number of rotatable bonds is 2. The van der Waals surface area contributed by atoms with Gasteiger partial charge < -0.3 is 25.2 Å². The molecule has 0 spiro atoms. The summed E-state index contributed by atoms with van der Waals surface area (Å²) in [4.78, 5) is 23.9. The molecule has 0 aromatic carbocycles. The molecule has 0 aromatic heterocycles. The molecule has 7 heteroatoms. The van der Waals surface area contributed by atoms with Crippen molar-refractivity contribution >= 4 is 11.8 Å². The van der Waals surface area contributed by atoms with Gasteiger partial charge in [0.05, 0.1) is 13.2 Å². The van der Waals surface area contributed by atoms with Gasteiger partial charge in [0.1, 0.15) is 5.60 Å². The zero-order valence-corrected chi connectivity index (χ0v) is 17.1. The summed E-state index contributed by atoms with van der Waals surface area (Å²) in [5.41, 5.74) is -2.62. The molecule has 0 aliphatic heterocycles. The quantitative estimate of drug-likeness (QED) is 0.396. The molecule has 4 aliphatic carbocycles. The van der Waals surface area contributed by atoms with E-state index in [1.165, 1.54) is 0 Å². The third-order valence-electron chi connectivity index (χ3n) is 8.69. The van der Waals surface area contributed by atoms with Crippen LogP contribution in [-0.4, -0.2) is 56.8 Å². The lowest BCUT2D eigenvalue weighted by Gasteiger charge is -2.60. The summed E-state index contributed by atoms with van der Waals surface area (Å²) in [5, 5.41) is 43.9. The molecule has 7 nitrogen and oxygen atoms in total. The van der Waals surface area contributed by atoms with Crippen molar-refractivity contribution in [3.63, 3.8) is 0 Å². The first-order chi connectivity index (χ1) is 13.4. The van der Waals surface area contributed by atoms with Gasteiger partial charge in [0.25, 0.3) is 5.79 Å². The van der Waals surface area contributed by atoms with Crippen molar-refractivity contribution in [2.24, 2.45) is 28.6 Å². The van der Waals surface area contributed by atoms with Gasteiger partial charge >= 0.3 is 5.97 Å². The molecular weight excluding hydrogens is 376 g/mol. The van der Waals surface area contributed by atoms with Crippen LogP contribution in [0.3, 0.4) is 0 Å². The molecule has 4 rings (SSSR count). The molecule has 7 atom stereocenters. The van der Waals surface area contributed by atoms with Gasteiger partial charge in [-0.1, -0.05) is 25.5 Å². The number of carbonyl (C=O) groups is 2. The minimum Gasteiger partial charge on any atom is -0.465 e. The fourth-order valence-corrected chi connectivity index (χ4v) is 7.21. The maximum atomic E-state index is 12.1. The fraction of sp³-hybridized carbons (Fsp3) is 0.727. The lowest BCUT2D eigenvalue weighted by Crippen LogP contribution is -2.69. The van der Waals surface area contributed by atoms with Crippen LogP contribution in [0.15, 0.2) is 23.8 Å². The molecule has 160 valence electrons. The van der Waals surface area contributed by atoms with Crippen LogP contribution < -0.4 is 0 Å². The maximum Gasteiger partial charge on any atom is 0.369 e. The van der Waals surface area contributed by atoms with E-state index in [0.29, 0.717) is 12.8 Å². The first kappa shape index (κ1) is 20.7. The van der Waals surface area contributed by atoms with E-state index in [2.05, 4.69) is 4.74 Å². The van der Waals surface area contributed by atoms with Crippen LogP contribution in [-0.2, 0) is 14.3 Å². The molecule has 0 saturated heterocycles. The third kappa shape index (κ3) is 2.45. The molecule has 0 aromatic rings. The van der Waals surface area contributed by atoms with E-state index in [0.717, 1.165) is 19.1 Å². The van der Waals surface area contributed by atoms with Crippen molar-refractivity contribution in [1.82, 2.24) is 0 Å². The van der Waals surface area contributed by atoms with Crippen molar-refractivity contribution in [2.45, 2.75) is 63.4 Å². The highest BCUT2D eigenvalue weighted by atomic mass is 16.6. The molecule has 0 bridgehead atoms. The van der Waals surface area contributed by atoms with E-state index < -0.39 is 34.3 Å². The lowest BCUT2D eigenvalue weighted by atomic mass is 9.46. The second-order valence-corrected chi connectivity index (χ2v) is 9.77. The van der Waals surface area contributed by atoms with Crippen LogP contribution in [0, 0.1) is 28.6 Å². The topological polar surface area (TPSA) is 124 Å².